The maximum atomic E-state index is 12.9. The summed E-state index contributed by atoms with van der Waals surface area (Å²) in [5, 5.41) is 14.5. The van der Waals surface area contributed by atoms with Crippen molar-refractivity contribution in [2.24, 2.45) is 0 Å². The number of carbonyl (C=O) groups excluding carboxylic acids is 1. The van der Waals surface area contributed by atoms with Crippen molar-refractivity contribution in [3.8, 4) is 11.4 Å². The first-order chi connectivity index (χ1) is 13.0. The number of hydrogen-bond donors (Lipinski definition) is 0. The summed E-state index contributed by atoms with van der Waals surface area (Å²) < 4.78 is 23.1. The third-order valence-electron chi connectivity index (χ3n) is 3.63. The number of nitrogens with zero attached hydrogens (tertiary/aromatic N) is 3. The lowest BCUT2D eigenvalue weighted by molar-refractivity contribution is -0.384. The molecule has 138 valence electrons. The van der Waals surface area contributed by atoms with Crippen molar-refractivity contribution in [2.75, 3.05) is 0 Å². The van der Waals surface area contributed by atoms with E-state index in [1.165, 1.54) is 42.5 Å². The third-order valence-corrected chi connectivity index (χ3v) is 3.63. The van der Waals surface area contributed by atoms with Crippen molar-refractivity contribution in [1.82, 2.24) is 10.1 Å². The van der Waals surface area contributed by atoms with E-state index in [0.29, 0.717) is 17.0 Å². The fourth-order valence-electron chi connectivity index (χ4n) is 2.28. The lowest BCUT2D eigenvalue weighted by atomic mass is 10.2. The van der Waals surface area contributed by atoms with Gasteiger partial charge in [-0.1, -0.05) is 17.3 Å². The van der Waals surface area contributed by atoms with Crippen LogP contribution >= 0.6 is 0 Å². The maximum Gasteiger partial charge on any atom is 0.306 e. The Morgan fingerprint density at radius 3 is 2.74 bits per heavy atom. The van der Waals surface area contributed by atoms with Crippen LogP contribution in [0.3, 0.4) is 0 Å². The molecule has 27 heavy (non-hydrogen) atoms. The van der Waals surface area contributed by atoms with E-state index in [-0.39, 0.29) is 36.8 Å². The fraction of sp³-hybridized carbons (Fsp3) is 0.167. The largest absolute Gasteiger partial charge is 0.461 e. The Morgan fingerprint density at radius 2 is 2.00 bits per heavy atom. The Kier molecular flexibility index (Phi) is 5.50. The van der Waals surface area contributed by atoms with Gasteiger partial charge >= 0.3 is 5.97 Å². The number of nitro benzene ring substituents is 1. The third kappa shape index (κ3) is 4.94. The summed E-state index contributed by atoms with van der Waals surface area (Å²) in [4.78, 5) is 26.2. The average Bonchev–Trinajstić information content (AvgIpc) is 3.14. The van der Waals surface area contributed by atoms with Crippen LogP contribution in [-0.4, -0.2) is 21.0 Å². The Bertz CT molecular complexity index is 956. The van der Waals surface area contributed by atoms with Crippen LogP contribution < -0.4 is 0 Å². The molecule has 1 heterocycles. The average molecular weight is 371 g/mol. The lowest BCUT2D eigenvalue weighted by Gasteiger charge is -2.04. The number of rotatable bonds is 7. The number of halogens is 1. The van der Waals surface area contributed by atoms with E-state index in [0.717, 1.165) is 0 Å². The zero-order valence-electron chi connectivity index (χ0n) is 14.0. The first-order valence-corrected chi connectivity index (χ1v) is 7.99. The van der Waals surface area contributed by atoms with Crippen LogP contribution in [0.5, 0.6) is 0 Å². The fourth-order valence-corrected chi connectivity index (χ4v) is 2.28. The topological polar surface area (TPSA) is 108 Å². The SMILES string of the molecule is O=C(CCc1nc(-c2ccc(F)cc2)no1)OCc1cccc([N+](=O)[O-])c1. The molecule has 0 unspecified atom stereocenters. The van der Waals surface area contributed by atoms with Gasteiger partial charge in [0, 0.05) is 24.1 Å². The quantitative estimate of drug-likeness (QED) is 0.355. The normalized spacial score (nSPS) is 10.6. The number of nitro groups is 1. The Hall–Kier alpha value is -3.62. The van der Waals surface area contributed by atoms with E-state index in [1.807, 2.05) is 0 Å². The molecule has 0 saturated carbocycles. The molecule has 2 aromatic carbocycles. The second-order valence-electron chi connectivity index (χ2n) is 5.61. The van der Waals surface area contributed by atoms with E-state index < -0.39 is 10.9 Å². The van der Waals surface area contributed by atoms with E-state index in [1.54, 1.807) is 6.07 Å². The zero-order valence-corrected chi connectivity index (χ0v) is 14.0. The molecule has 0 saturated heterocycles. The smallest absolute Gasteiger partial charge is 0.306 e. The molecule has 0 spiro atoms. The van der Waals surface area contributed by atoms with Crippen LogP contribution in [0, 0.1) is 15.9 Å². The number of non-ortho nitro benzene ring substituents is 1. The number of esters is 1. The first kappa shape index (κ1) is 18.2. The molecule has 9 heteroatoms. The number of aryl methyl sites for hydroxylation is 1. The van der Waals surface area contributed by atoms with E-state index in [4.69, 9.17) is 9.26 Å². The molecule has 0 atom stereocenters. The van der Waals surface area contributed by atoms with Gasteiger partial charge in [0.25, 0.3) is 5.69 Å². The van der Waals surface area contributed by atoms with E-state index >= 15 is 0 Å². The second-order valence-corrected chi connectivity index (χ2v) is 5.61. The molecule has 0 radical (unpaired) electrons. The van der Waals surface area contributed by atoms with Gasteiger partial charge in [0.15, 0.2) is 0 Å². The molecule has 8 nitrogen and oxygen atoms in total. The van der Waals surface area contributed by atoms with E-state index in [2.05, 4.69) is 10.1 Å². The number of hydrogen-bond acceptors (Lipinski definition) is 7. The summed E-state index contributed by atoms with van der Waals surface area (Å²) in [7, 11) is 0. The van der Waals surface area contributed by atoms with Crippen LogP contribution in [0.25, 0.3) is 11.4 Å². The highest BCUT2D eigenvalue weighted by Gasteiger charge is 2.12. The summed E-state index contributed by atoms with van der Waals surface area (Å²) >= 11 is 0. The molecule has 0 aliphatic carbocycles. The van der Waals surface area contributed by atoms with Gasteiger partial charge in [-0.25, -0.2) is 4.39 Å². The second kappa shape index (κ2) is 8.17. The van der Waals surface area contributed by atoms with Crippen molar-refractivity contribution in [3.05, 3.63) is 75.9 Å². The minimum absolute atomic E-state index is 0.0139. The van der Waals surface area contributed by atoms with Crippen molar-refractivity contribution < 1.29 is 23.4 Å². The van der Waals surface area contributed by atoms with Crippen LogP contribution in [-0.2, 0) is 22.6 Å². The summed E-state index contributed by atoms with van der Waals surface area (Å²) in [6.45, 7) is -0.0643. The van der Waals surface area contributed by atoms with Crippen molar-refractivity contribution in [1.29, 1.82) is 0 Å². The van der Waals surface area contributed by atoms with Gasteiger partial charge in [0.05, 0.1) is 11.3 Å². The molecular formula is C18H14FN3O5. The van der Waals surface area contributed by atoms with E-state index in [9.17, 15) is 19.3 Å². The molecule has 0 aliphatic heterocycles. The lowest BCUT2D eigenvalue weighted by Crippen LogP contribution is -2.06. The van der Waals surface area contributed by atoms with Crippen molar-refractivity contribution >= 4 is 11.7 Å². The van der Waals surface area contributed by atoms with Gasteiger partial charge in [-0.05, 0) is 29.8 Å². The molecule has 0 amide bonds. The number of aromatic nitrogens is 2. The highest BCUT2D eigenvalue weighted by atomic mass is 19.1. The molecule has 1 aromatic heterocycles. The molecule has 0 N–H and O–H groups in total. The van der Waals surface area contributed by atoms with Gasteiger partial charge in [-0.2, -0.15) is 4.98 Å². The van der Waals surface area contributed by atoms with Crippen molar-refractivity contribution in [2.45, 2.75) is 19.4 Å². The van der Waals surface area contributed by atoms with Gasteiger partial charge in [0.2, 0.25) is 11.7 Å². The van der Waals surface area contributed by atoms with Crippen LogP contribution in [0.1, 0.15) is 17.9 Å². The summed E-state index contributed by atoms with van der Waals surface area (Å²) in [5.41, 5.74) is 1.05. The van der Waals surface area contributed by atoms with Crippen LogP contribution in [0.2, 0.25) is 0 Å². The monoisotopic (exact) mass is 371 g/mol. The zero-order chi connectivity index (χ0) is 19.2. The summed E-state index contributed by atoms with van der Waals surface area (Å²) in [6, 6.07) is 11.5. The molecule has 0 bridgehead atoms. The number of benzene rings is 2. The minimum Gasteiger partial charge on any atom is -0.461 e. The van der Waals surface area contributed by atoms with Crippen LogP contribution in [0.15, 0.2) is 53.1 Å². The number of carbonyl (C=O) groups is 1. The Morgan fingerprint density at radius 1 is 1.22 bits per heavy atom. The standard InChI is InChI=1S/C18H14FN3O5/c19-14-6-4-13(5-7-14)18-20-16(27-21-18)8-9-17(23)26-11-12-2-1-3-15(10-12)22(24)25/h1-7,10H,8-9,11H2. The highest BCUT2D eigenvalue weighted by Crippen LogP contribution is 2.17. The maximum absolute atomic E-state index is 12.9. The molecular weight excluding hydrogens is 357 g/mol. The van der Waals surface area contributed by atoms with Gasteiger partial charge < -0.3 is 9.26 Å². The predicted octanol–water partition coefficient (Wildman–Crippen LogP) is 3.46. The minimum atomic E-state index is -0.514. The molecule has 3 aromatic rings. The molecule has 3 rings (SSSR count). The van der Waals surface area contributed by atoms with Crippen LogP contribution in [0.4, 0.5) is 10.1 Å². The highest BCUT2D eigenvalue weighted by molar-refractivity contribution is 5.69. The summed E-state index contributed by atoms with van der Waals surface area (Å²) in [6.07, 6.45) is 0.196. The number of ether oxygens (including phenoxy) is 1. The Labute approximate surface area is 152 Å². The van der Waals surface area contributed by atoms with Gasteiger partial charge in [-0.15, -0.1) is 0 Å². The summed E-state index contributed by atoms with van der Waals surface area (Å²) in [5.74, 6) is -0.311. The van der Waals surface area contributed by atoms with Crippen molar-refractivity contribution in [3.63, 3.8) is 0 Å². The molecule has 0 aliphatic rings. The van der Waals surface area contributed by atoms with Gasteiger partial charge in [0.1, 0.15) is 12.4 Å². The predicted molar refractivity (Wildman–Crippen MR) is 90.9 cm³/mol. The first-order valence-electron chi connectivity index (χ1n) is 7.99. The Balaban J connectivity index is 1.50. The molecule has 0 fully saturated rings. The van der Waals surface area contributed by atoms with Gasteiger partial charge in [-0.3, -0.25) is 14.9 Å².